The van der Waals surface area contributed by atoms with Crippen LogP contribution in [0.3, 0.4) is 0 Å². The number of hydrazone groups is 1. The molecule has 0 bridgehead atoms. The van der Waals surface area contributed by atoms with E-state index in [2.05, 4.69) is 10.5 Å². The molecule has 5 rings (SSSR count). The van der Waals surface area contributed by atoms with E-state index in [-0.39, 0.29) is 23.7 Å². The zero-order valence-electron chi connectivity index (χ0n) is 17.4. The van der Waals surface area contributed by atoms with Gasteiger partial charge >= 0.3 is 0 Å². The lowest BCUT2D eigenvalue weighted by atomic mass is 10.1. The van der Waals surface area contributed by atoms with Crippen LogP contribution in [0, 0.1) is 5.82 Å². The summed E-state index contributed by atoms with van der Waals surface area (Å²) in [6.07, 6.45) is 1.40. The fourth-order valence-corrected chi connectivity index (χ4v) is 3.79. The lowest BCUT2D eigenvalue weighted by Gasteiger charge is -2.14. The molecule has 0 aliphatic heterocycles. The monoisotopic (exact) mass is 439 g/mol. The number of hydrogen-bond acceptors (Lipinski definition) is 4. The summed E-state index contributed by atoms with van der Waals surface area (Å²) < 4.78 is 20.6. The molecule has 2 heterocycles. The Kier molecular flexibility index (Phi) is 5.28. The summed E-state index contributed by atoms with van der Waals surface area (Å²) in [6, 6.07) is 23.8. The smallest absolute Gasteiger partial charge is 0.260 e. The van der Waals surface area contributed by atoms with Crippen molar-refractivity contribution < 1.29 is 13.6 Å². The quantitative estimate of drug-likeness (QED) is 0.245. The lowest BCUT2D eigenvalue weighted by Crippen LogP contribution is -2.25. The molecule has 0 radical (unpaired) electrons. The molecule has 0 unspecified atom stereocenters. The van der Waals surface area contributed by atoms with Crippen molar-refractivity contribution in [2.45, 2.75) is 6.54 Å². The molecule has 0 aliphatic rings. The number of benzene rings is 3. The van der Waals surface area contributed by atoms with Crippen LogP contribution >= 0.6 is 0 Å². The van der Waals surface area contributed by atoms with Crippen LogP contribution in [0.2, 0.25) is 0 Å². The molecule has 7 heteroatoms. The molecule has 162 valence electrons. The van der Waals surface area contributed by atoms with E-state index in [0.717, 1.165) is 5.56 Å². The Morgan fingerprint density at radius 2 is 1.55 bits per heavy atom. The predicted octanol–water partition coefficient (Wildman–Crippen LogP) is 4.70. The highest BCUT2D eigenvalue weighted by molar-refractivity contribution is 5.95. The molecule has 5 aromatic rings. The minimum Gasteiger partial charge on any atom is -0.455 e. The largest absolute Gasteiger partial charge is 0.455 e. The number of halogens is 1. The summed E-state index contributed by atoms with van der Waals surface area (Å²) in [6.45, 7) is -0.0162. The summed E-state index contributed by atoms with van der Waals surface area (Å²) in [5.74, 6) is 0.330. The third-order valence-corrected chi connectivity index (χ3v) is 5.32. The number of pyridine rings is 1. The highest BCUT2D eigenvalue weighted by Crippen LogP contribution is 2.22. The zero-order chi connectivity index (χ0) is 22.8. The van der Waals surface area contributed by atoms with Crippen molar-refractivity contribution in [3.63, 3.8) is 0 Å². The van der Waals surface area contributed by atoms with E-state index in [1.54, 1.807) is 53.1 Å². The average Bonchev–Trinajstić information content (AvgIpc) is 3.31. The first-order valence-corrected chi connectivity index (χ1v) is 10.3. The van der Waals surface area contributed by atoms with Crippen LogP contribution in [0.1, 0.15) is 5.76 Å². The Bertz CT molecular complexity index is 1510. The minimum absolute atomic E-state index is 0.0162. The molecule has 0 saturated carbocycles. The highest BCUT2D eigenvalue weighted by atomic mass is 19.1. The molecule has 1 N–H and O–H groups in total. The molecule has 0 fully saturated rings. The first kappa shape index (κ1) is 20.4. The van der Waals surface area contributed by atoms with Gasteiger partial charge in [0.05, 0.1) is 17.2 Å². The number of rotatable bonds is 5. The normalized spacial score (nSPS) is 11.4. The Labute approximate surface area is 187 Å². The number of carbonyl (C=O) groups is 1. The van der Waals surface area contributed by atoms with Crippen molar-refractivity contribution in [2.24, 2.45) is 5.10 Å². The van der Waals surface area contributed by atoms with E-state index in [4.69, 9.17) is 4.42 Å². The summed E-state index contributed by atoms with van der Waals surface area (Å²) in [5.41, 5.74) is 4.52. The van der Waals surface area contributed by atoms with Crippen molar-refractivity contribution in [2.75, 3.05) is 0 Å². The third kappa shape index (κ3) is 4.04. The number of furan rings is 1. The molecule has 0 atom stereocenters. The molecule has 2 aromatic heterocycles. The second kappa shape index (κ2) is 8.55. The molecule has 33 heavy (non-hydrogen) atoms. The van der Waals surface area contributed by atoms with Crippen molar-refractivity contribution in [3.05, 3.63) is 107 Å². The number of carbonyl (C=O) groups excluding carboxylic acids is 1. The fourth-order valence-electron chi connectivity index (χ4n) is 3.79. The van der Waals surface area contributed by atoms with Crippen LogP contribution in [0.25, 0.3) is 33.1 Å². The van der Waals surface area contributed by atoms with E-state index in [1.807, 2.05) is 24.3 Å². The molecule has 0 aliphatic carbocycles. The average molecular weight is 439 g/mol. The molecular formula is C26H18FN3O3. The van der Waals surface area contributed by atoms with Crippen LogP contribution in [0.5, 0.6) is 0 Å². The molecule has 6 nitrogen and oxygen atoms in total. The second-order valence-electron chi connectivity index (χ2n) is 7.45. The van der Waals surface area contributed by atoms with Crippen molar-refractivity contribution in [1.82, 2.24) is 9.99 Å². The van der Waals surface area contributed by atoms with E-state index < -0.39 is 0 Å². The van der Waals surface area contributed by atoms with E-state index in [9.17, 15) is 14.0 Å². The van der Waals surface area contributed by atoms with Gasteiger partial charge in [0.1, 0.15) is 23.9 Å². The van der Waals surface area contributed by atoms with Gasteiger partial charge in [-0.2, -0.15) is 5.10 Å². The molecule has 1 amide bonds. The van der Waals surface area contributed by atoms with Crippen LogP contribution in [-0.4, -0.2) is 16.7 Å². The maximum atomic E-state index is 13.1. The van der Waals surface area contributed by atoms with Crippen molar-refractivity contribution in [1.29, 1.82) is 0 Å². The standard InChI is InChI=1S/C26H18FN3O3/c27-18-11-9-17(10-12-18)24-14-13-19(33-24)15-28-29-25(31)16-30-22-7-3-1-5-20(22)26(32)21-6-2-4-8-23(21)30/h1-15H,16H2,(H,29,31). The summed E-state index contributed by atoms with van der Waals surface area (Å²) in [4.78, 5) is 25.5. The van der Waals surface area contributed by atoms with Gasteiger partial charge < -0.3 is 8.98 Å². The topological polar surface area (TPSA) is 76.6 Å². The molecule has 0 saturated heterocycles. The van der Waals surface area contributed by atoms with Gasteiger partial charge in [0, 0.05) is 16.3 Å². The maximum absolute atomic E-state index is 13.1. The van der Waals surface area contributed by atoms with Crippen LogP contribution in [-0.2, 0) is 11.3 Å². The summed E-state index contributed by atoms with van der Waals surface area (Å²) >= 11 is 0. The first-order chi connectivity index (χ1) is 16.1. The summed E-state index contributed by atoms with van der Waals surface area (Å²) in [7, 11) is 0. The van der Waals surface area contributed by atoms with E-state index >= 15 is 0 Å². The van der Waals surface area contributed by atoms with Crippen molar-refractivity contribution >= 4 is 33.9 Å². The molecule has 3 aromatic carbocycles. The minimum atomic E-state index is -0.351. The first-order valence-electron chi connectivity index (χ1n) is 10.3. The highest BCUT2D eigenvalue weighted by Gasteiger charge is 2.12. The Morgan fingerprint density at radius 3 is 2.21 bits per heavy atom. The lowest BCUT2D eigenvalue weighted by molar-refractivity contribution is -0.121. The predicted molar refractivity (Wildman–Crippen MR) is 126 cm³/mol. The zero-order valence-corrected chi connectivity index (χ0v) is 17.4. The number of para-hydroxylation sites is 2. The van der Waals surface area contributed by atoms with E-state index in [1.165, 1.54) is 18.3 Å². The Morgan fingerprint density at radius 1 is 0.909 bits per heavy atom. The molecule has 0 spiro atoms. The SMILES string of the molecule is O=C(Cn1c2ccccc2c(=O)c2ccccc21)NN=Cc1ccc(-c2ccc(F)cc2)o1. The molecular weight excluding hydrogens is 421 g/mol. The number of hydrogen-bond donors (Lipinski definition) is 1. The van der Waals surface area contributed by atoms with Gasteiger partial charge in [-0.25, -0.2) is 9.82 Å². The number of aromatic nitrogens is 1. The van der Waals surface area contributed by atoms with Gasteiger partial charge in [-0.1, -0.05) is 24.3 Å². The number of nitrogens with one attached hydrogen (secondary N) is 1. The van der Waals surface area contributed by atoms with Crippen LogP contribution < -0.4 is 10.9 Å². The van der Waals surface area contributed by atoms with Gasteiger partial charge in [0.2, 0.25) is 0 Å². The number of nitrogens with zero attached hydrogens (tertiary/aromatic N) is 2. The van der Waals surface area contributed by atoms with Crippen LogP contribution in [0.4, 0.5) is 4.39 Å². The van der Waals surface area contributed by atoms with Gasteiger partial charge in [-0.05, 0) is 60.7 Å². The second-order valence-corrected chi connectivity index (χ2v) is 7.45. The third-order valence-electron chi connectivity index (χ3n) is 5.32. The number of fused-ring (bicyclic) bond motifs is 2. The number of amides is 1. The van der Waals surface area contributed by atoms with E-state index in [0.29, 0.717) is 33.3 Å². The van der Waals surface area contributed by atoms with Gasteiger partial charge in [0.25, 0.3) is 5.91 Å². The Balaban J connectivity index is 1.36. The maximum Gasteiger partial charge on any atom is 0.260 e. The van der Waals surface area contributed by atoms with Gasteiger partial charge in [-0.15, -0.1) is 0 Å². The van der Waals surface area contributed by atoms with Gasteiger partial charge in [0.15, 0.2) is 5.43 Å². The van der Waals surface area contributed by atoms with Crippen LogP contribution in [0.15, 0.2) is 99.2 Å². The Hall–Kier alpha value is -4.52. The summed E-state index contributed by atoms with van der Waals surface area (Å²) in [5, 5.41) is 5.09. The van der Waals surface area contributed by atoms with Crippen molar-refractivity contribution in [3.8, 4) is 11.3 Å². The fraction of sp³-hybridized carbons (Fsp3) is 0.0385. The van der Waals surface area contributed by atoms with Gasteiger partial charge in [-0.3, -0.25) is 9.59 Å².